The van der Waals surface area contributed by atoms with Crippen molar-refractivity contribution < 1.29 is 9.59 Å². The number of primary amides is 1. The van der Waals surface area contributed by atoms with Gasteiger partial charge in [0.2, 0.25) is 11.8 Å². The number of likely N-dealkylation sites (tertiary alicyclic amines) is 1. The minimum atomic E-state index is -0.714. The highest BCUT2D eigenvalue weighted by Crippen LogP contribution is 2.34. The van der Waals surface area contributed by atoms with Crippen LogP contribution in [-0.4, -0.2) is 34.8 Å². The number of aromatic nitrogens is 1. The van der Waals surface area contributed by atoms with Gasteiger partial charge >= 0.3 is 0 Å². The summed E-state index contributed by atoms with van der Waals surface area (Å²) in [5.41, 5.74) is 6.70. The highest BCUT2D eigenvalue weighted by molar-refractivity contribution is 7.18. The van der Waals surface area contributed by atoms with Gasteiger partial charge < -0.3 is 10.6 Å². The first kappa shape index (κ1) is 19.6. The molecule has 0 spiro atoms. The van der Waals surface area contributed by atoms with Crippen LogP contribution >= 0.6 is 11.3 Å². The van der Waals surface area contributed by atoms with Crippen molar-refractivity contribution in [3.8, 4) is 0 Å². The Bertz CT molecular complexity index is 992. The molecule has 1 aliphatic rings. The van der Waals surface area contributed by atoms with Gasteiger partial charge in [-0.25, -0.2) is 4.98 Å². The van der Waals surface area contributed by atoms with Gasteiger partial charge in [0.15, 0.2) is 0 Å². The molecule has 4 rings (SSSR count). The van der Waals surface area contributed by atoms with E-state index >= 15 is 0 Å². The van der Waals surface area contributed by atoms with E-state index in [1.165, 1.54) is 0 Å². The fraction of sp³-hybridized carbons (Fsp3) is 0.348. The zero-order valence-corrected chi connectivity index (χ0v) is 17.3. The molecular weight excluding hydrogens is 382 g/mol. The molecule has 1 saturated heterocycles. The highest BCUT2D eigenvalue weighted by atomic mass is 32.1. The molecule has 2 heterocycles. The topological polar surface area (TPSA) is 76.3 Å². The Balaban J connectivity index is 1.64. The molecule has 0 aliphatic carbocycles. The summed E-state index contributed by atoms with van der Waals surface area (Å²) in [7, 11) is 0. The summed E-state index contributed by atoms with van der Waals surface area (Å²) < 4.78 is 1.13. The summed E-state index contributed by atoms with van der Waals surface area (Å²) in [6.45, 7) is 3.14. The first-order valence-electron chi connectivity index (χ1n) is 9.96. The maximum Gasteiger partial charge on any atom is 0.233 e. The number of rotatable bonds is 5. The fourth-order valence-electron chi connectivity index (χ4n) is 4.12. The van der Waals surface area contributed by atoms with Gasteiger partial charge in [-0.05, 0) is 37.5 Å². The minimum absolute atomic E-state index is 0.0888. The lowest BCUT2D eigenvalue weighted by Crippen LogP contribution is -2.50. The number of benzene rings is 2. The third kappa shape index (κ3) is 3.90. The number of fused-ring (bicyclic) bond motifs is 1. The molecule has 1 aromatic heterocycles. The van der Waals surface area contributed by atoms with E-state index in [4.69, 9.17) is 10.7 Å². The summed E-state index contributed by atoms with van der Waals surface area (Å²) in [4.78, 5) is 31.9. The van der Waals surface area contributed by atoms with Crippen LogP contribution in [-0.2, 0) is 21.4 Å². The molecule has 2 amide bonds. The third-order valence-electron chi connectivity index (χ3n) is 5.91. The molecule has 2 aromatic carbocycles. The van der Waals surface area contributed by atoms with Gasteiger partial charge in [-0.3, -0.25) is 9.59 Å². The number of hydrogen-bond acceptors (Lipinski definition) is 4. The lowest BCUT2D eigenvalue weighted by molar-refractivity contribution is -0.139. The average molecular weight is 408 g/mol. The highest BCUT2D eigenvalue weighted by Gasteiger charge is 2.40. The maximum absolute atomic E-state index is 13.7. The monoisotopic (exact) mass is 407 g/mol. The van der Waals surface area contributed by atoms with Crippen LogP contribution in [0, 0.1) is 5.92 Å². The van der Waals surface area contributed by atoms with Crippen molar-refractivity contribution in [2.24, 2.45) is 11.7 Å². The Morgan fingerprint density at radius 1 is 1.10 bits per heavy atom. The molecule has 0 unspecified atom stereocenters. The lowest BCUT2D eigenvalue weighted by atomic mass is 9.77. The van der Waals surface area contributed by atoms with Gasteiger partial charge in [0.25, 0.3) is 0 Å². The number of carbonyl (C=O) groups is 2. The predicted molar refractivity (Wildman–Crippen MR) is 116 cm³/mol. The number of para-hydroxylation sites is 1. The normalized spacial score (nSPS) is 17.2. The largest absolute Gasteiger partial charge is 0.369 e. The summed E-state index contributed by atoms with van der Waals surface area (Å²) in [6.07, 6.45) is 1.81. The average Bonchev–Trinajstić information content (AvgIpc) is 3.16. The smallest absolute Gasteiger partial charge is 0.233 e. The second-order valence-electron chi connectivity index (χ2n) is 7.92. The molecule has 1 atom stereocenters. The van der Waals surface area contributed by atoms with E-state index in [0.717, 1.165) is 20.8 Å². The van der Waals surface area contributed by atoms with Crippen molar-refractivity contribution >= 4 is 33.4 Å². The summed E-state index contributed by atoms with van der Waals surface area (Å²) in [6, 6.07) is 18.0. The number of nitrogens with two attached hydrogens (primary N) is 1. The van der Waals surface area contributed by atoms with Crippen LogP contribution in [0.25, 0.3) is 10.2 Å². The summed E-state index contributed by atoms with van der Waals surface area (Å²) >= 11 is 1.64. The van der Waals surface area contributed by atoms with E-state index in [2.05, 4.69) is 6.07 Å². The maximum atomic E-state index is 13.7. The molecule has 1 aliphatic heterocycles. The number of piperidine rings is 1. The van der Waals surface area contributed by atoms with Crippen molar-refractivity contribution in [3.63, 3.8) is 0 Å². The minimum Gasteiger partial charge on any atom is -0.369 e. The molecule has 1 fully saturated rings. The molecule has 150 valence electrons. The van der Waals surface area contributed by atoms with Gasteiger partial charge in [-0.2, -0.15) is 0 Å². The van der Waals surface area contributed by atoms with Gasteiger partial charge in [0.1, 0.15) is 0 Å². The number of carbonyl (C=O) groups excluding carboxylic acids is 2. The lowest BCUT2D eigenvalue weighted by Gasteiger charge is -2.38. The van der Waals surface area contributed by atoms with Crippen LogP contribution in [0.4, 0.5) is 0 Å². The molecule has 29 heavy (non-hydrogen) atoms. The van der Waals surface area contributed by atoms with Gasteiger partial charge in [0, 0.05) is 25.4 Å². The SMILES string of the molecule is C[C@@](Cc1nc2ccccc2s1)(C(=O)N1CCC(C(N)=O)CC1)c1ccccc1. The Labute approximate surface area is 174 Å². The van der Waals surface area contributed by atoms with Crippen molar-refractivity contribution in [3.05, 3.63) is 65.2 Å². The van der Waals surface area contributed by atoms with Crippen LogP contribution in [0.2, 0.25) is 0 Å². The molecule has 6 heteroatoms. The van der Waals surface area contributed by atoms with Crippen molar-refractivity contribution in [2.45, 2.75) is 31.6 Å². The molecule has 3 aromatic rings. The van der Waals surface area contributed by atoms with Crippen LogP contribution in [0.1, 0.15) is 30.3 Å². The Morgan fingerprint density at radius 2 is 1.76 bits per heavy atom. The number of hydrogen-bond donors (Lipinski definition) is 1. The van der Waals surface area contributed by atoms with Crippen LogP contribution < -0.4 is 5.73 Å². The Kier molecular flexibility index (Phi) is 5.37. The van der Waals surface area contributed by atoms with E-state index in [-0.39, 0.29) is 17.7 Å². The van der Waals surface area contributed by atoms with Crippen LogP contribution in [0.15, 0.2) is 54.6 Å². The molecule has 0 bridgehead atoms. The Hall–Kier alpha value is -2.73. The van der Waals surface area contributed by atoms with E-state index in [1.54, 1.807) is 11.3 Å². The fourth-order valence-corrected chi connectivity index (χ4v) is 5.24. The molecular formula is C23H25N3O2S. The number of thiazole rings is 1. The van der Waals surface area contributed by atoms with E-state index in [0.29, 0.717) is 32.4 Å². The van der Waals surface area contributed by atoms with E-state index < -0.39 is 5.41 Å². The molecule has 5 nitrogen and oxygen atoms in total. The molecule has 2 N–H and O–H groups in total. The first-order chi connectivity index (χ1) is 14.0. The van der Waals surface area contributed by atoms with Crippen LogP contribution in [0.3, 0.4) is 0 Å². The number of nitrogens with zero attached hydrogens (tertiary/aromatic N) is 2. The molecule has 0 radical (unpaired) electrons. The van der Waals surface area contributed by atoms with Crippen molar-refractivity contribution in [2.75, 3.05) is 13.1 Å². The third-order valence-corrected chi connectivity index (χ3v) is 6.95. The first-order valence-corrected chi connectivity index (χ1v) is 10.8. The van der Waals surface area contributed by atoms with Gasteiger partial charge in [-0.1, -0.05) is 42.5 Å². The predicted octanol–water partition coefficient (Wildman–Crippen LogP) is 3.52. The Morgan fingerprint density at radius 3 is 2.41 bits per heavy atom. The van der Waals surface area contributed by atoms with Crippen molar-refractivity contribution in [1.29, 1.82) is 0 Å². The van der Waals surface area contributed by atoms with Crippen molar-refractivity contribution in [1.82, 2.24) is 9.88 Å². The summed E-state index contributed by atoms with van der Waals surface area (Å²) in [5, 5.41) is 0.956. The standard InChI is InChI=1S/C23H25N3O2S/c1-23(17-7-3-2-4-8-17,15-20-25-18-9-5-6-10-19(18)29-20)22(28)26-13-11-16(12-14-26)21(24)27/h2-10,16H,11-15H2,1H3,(H2,24,27)/t23-/m0/s1. The summed E-state index contributed by atoms with van der Waals surface area (Å²) in [5.74, 6) is -0.311. The van der Waals surface area contributed by atoms with Crippen LogP contribution in [0.5, 0.6) is 0 Å². The van der Waals surface area contributed by atoms with E-state index in [9.17, 15) is 9.59 Å². The second-order valence-corrected chi connectivity index (χ2v) is 9.03. The zero-order chi connectivity index (χ0) is 20.4. The zero-order valence-electron chi connectivity index (χ0n) is 16.5. The second kappa shape index (κ2) is 7.95. The van der Waals surface area contributed by atoms with Gasteiger partial charge in [-0.15, -0.1) is 11.3 Å². The van der Waals surface area contributed by atoms with Gasteiger partial charge in [0.05, 0.1) is 20.6 Å². The van der Waals surface area contributed by atoms with E-state index in [1.807, 2.05) is 60.4 Å². The number of amides is 2. The molecule has 0 saturated carbocycles. The quantitative estimate of drug-likeness (QED) is 0.703.